The Hall–Kier alpha value is -1.89. The topological polar surface area (TPSA) is 87.6 Å². The second-order valence-corrected chi connectivity index (χ2v) is 7.17. The van der Waals surface area contributed by atoms with Crippen LogP contribution in [0.15, 0.2) is 6.20 Å². The van der Waals surface area contributed by atoms with E-state index < -0.39 is 11.2 Å². The zero-order valence-corrected chi connectivity index (χ0v) is 13.8. The molecule has 0 fully saturated rings. The molecule has 0 unspecified atom stereocenters. The molecule has 0 radical (unpaired) electrons. The van der Waals surface area contributed by atoms with Crippen molar-refractivity contribution in [2.24, 2.45) is 0 Å². The van der Waals surface area contributed by atoms with E-state index in [9.17, 15) is 9.90 Å². The molecule has 22 heavy (non-hydrogen) atoms. The fourth-order valence-corrected chi connectivity index (χ4v) is 1.99. The molecule has 0 spiro atoms. The smallest absolute Gasteiger partial charge is 0.410 e. The summed E-state index contributed by atoms with van der Waals surface area (Å²) in [6.45, 7) is 10.1. The second-order valence-electron chi connectivity index (χ2n) is 7.17. The first-order valence-corrected chi connectivity index (χ1v) is 7.32. The van der Waals surface area contributed by atoms with E-state index in [-0.39, 0.29) is 6.09 Å². The van der Waals surface area contributed by atoms with Crippen molar-refractivity contribution in [1.29, 1.82) is 0 Å². The molecular weight excluding hydrogens is 284 g/mol. The third-order valence-corrected chi connectivity index (χ3v) is 2.99. The van der Waals surface area contributed by atoms with Gasteiger partial charge < -0.3 is 15.2 Å². The number of amides is 1. The van der Waals surface area contributed by atoms with Crippen LogP contribution in [-0.4, -0.2) is 43.8 Å². The lowest BCUT2D eigenvalue weighted by Crippen LogP contribution is -2.33. The number of carbonyl (C=O) groups excluding carboxylic acids is 1. The van der Waals surface area contributed by atoms with Crippen LogP contribution in [0.25, 0.3) is 0 Å². The molecule has 0 aliphatic carbocycles. The molecule has 1 aliphatic heterocycles. The molecule has 0 saturated heterocycles. The van der Waals surface area contributed by atoms with Crippen LogP contribution in [0.4, 0.5) is 10.7 Å². The van der Waals surface area contributed by atoms with E-state index in [1.807, 2.05) is 20.8 Å². The van der Waals surface area contributed by atoms with Gasteiger partial charge in [0, 0.05) is 18.3 Å². The number of ether oxygens (including phenoxy) is 1. The van der Waals surface area contributed by atoms with Crippen molar-refractivity contribution in [2.45, 2.75) is 58.9 Å². The molecular formula is C15H24N4O3. The molecule has 2 N–H and O–H groups in total. The molecule has 0 aromatic carbocycles. The summed E-state index contributed by atoms with van der Waals surface area (Å²) in [5.74, 6) is 0.451. The normalized spacial score (nSPS) is 14.7. The van der Waals surface area contributed by atoms with E-state index in [0.717, 1.165) is 11.3 Å². The number of rotatable bonds is 3. The van der Waals surface area contributed by atoms with Gasteiger partial charge in [-0.25, -0.2) is 14.8 Å². The van der Waals surface area contributed by atoms with Crippen molar-refractivity contribution in [1.82, 2.24) is 14.9 Å². The van der Waals surface area contributed by atoms with E-state index in [1.165, 1.54) is 0 Å². The van der Waals surface area contributed by atoms with Gasteiger partial charge in [0.05, 0.1) is 24.4 Å². The molecule has 2 rings (SSSR count). The standard InChI is InChI=1S/C15H24N4O3/c1-14(2,3)22-13(20)19-7-10-6-16-12(18-11(10)8-19)17-9-15(4,5)21/h6,21H,7-9H2,1-5H3,(H,16,17,18). The minimum absolute atomic E-state index is 0.349. The van der Waals surface area contributed by atoms with Crippen molar-refractivity contribution in [3.8, 4) is 0 Å². The number of aliphatic hydroxyl groups is 1. The van der Waals surface area contributed by atoms with Gasteiger partial charge in [-0.3, -0.25) is 4.90 Å². The lowest BCUT2D eigenvalue weighted by Gasteiger charge is -2.23. The van der Waals surface area contributed by atoms with E-state index in [0.29, 0.717) is 25.6 Å². The molecule has 0 saturated carbocycles. The molecule has 1 aromatic rings. The number of nitrogens with one attached hydrogen (secondary N) is 1. The lowest BCUT2D eigenvalue weighted by atomic mass is 10.1. The maximum atomic E-state index is 12.1. The van der Waals surface area contributed by atoms with Crippen LogP contribution in [0.2, 0.25) is 0 Å². The van der Waals surface area contributed by atoms with Gasteiger partial charge in [-0.2, -0.15) is 0 Å². The van der Waals surface area contributed by atoms with Crippen LogP contribution in [0.3, 0.4) is 0 Å². The maximum Gasteiger partial charge on any atom is 0.410 e. The molecule has 122 valence electrons. The summed E-state index contributed by atoms with van der Waals surface area (Å²) in [4.78, 5) is 22.3. The van der Waals surface area contributed by atoms with Gasteiger partial charge in [0.25, 0.3) is 0 Å². The monoisotopic (exact) mass is 308 g/mol. The first-order valence-electron chi connectivity index (χ1n) is 7.32. The zero-order chi connectivity index (χ0) is 16.5. The fraction of sp³-hybridized carbons (Fsp3) is 0.667. The number of anilines is 1. The molecule has 1 aromatic heterocycles. The molecule has 7 nitrogen and oxygen atoms in total. The van der Waals surface area contributed by atoms with E-state index in [4.69, 9.17) is 4.74 Å². The van der Waals surface area contributed by atoms with Gasteiger partial charge in [0.15, 0.2) is 0 Å². The van der Waals surface area contributed by atoms with Gasteiger partial charge in [0.2, 0.25) is 5.95 Å². The first kappa shape index (κ1) is 16.5. The predicted molar refractivity (Wildman–Crippen MR) is 82.3 cm³/mol. The first-order chi connectivity index (χ1) is 10.0. The molecule has 1 aliphatic rings. The van der Waals surface area contributed by atoms with Crippen molar-refractivity contribution < 1.29 is 14.6 Å². The van der Waals surface area contributed by atoms with Gasteiger partial charge in [-0.05, 0) is 34.6 Å². The summed E-state index contributed by atoms with van der Waals surface area (Å²) in [7, 11) is 0. The molecule has 2 heterocycles. The molecule has 1 amide bonds. The van der Waals surface area contributed by atoms with Crippen molar-refractivity contribution in [3.63, 3.8) is 0 Å². The van der Waals surface area contributed by atoms with Gasteiger partial charge in [-0.15, -0.1) is 0 Å². The molecule has 7 heteroatoms. The summed E-state index contributed by atoms with van der Waals surface area (Å²) >= 11 is 0. The Morgan fingerprint density at radius 2 is 2.05 bits per heavy atom. The highest BCUT2D eigenvalue weighted by Crippen LogP contribution is 2.23. The van der Waals surface area contributed by atoms with Crippen LogP contribution in [0, 0.1) is 0 Å². The maximum absolute atomic E-state index is 12.1. The minimum atomic E-state index is -0.842. The predicted octanol–water partition coefficient (Wildman–Crippen LogP) is 1.91. The SMILES string of the molecule is CC(C)(O)CNc1ncc2c(n1)CN(C(=O)OC(C)(C)C)C2. The van der Waals surface area contributed by atoms with Crippen molar-refractivity contribution >= 4 is 12.0 Å². The minimum Gasteiger partial charge on any atom is -0.444 e. The Kier molecular flexibility index (Phi) is 4.28. The second kappa shape index (κ2) is 5.72. The Balaban J connectivity index is 2.01. The van der Waals surface area contributed by atoms with E-state index >= 15 is 0 Å². The number of carbonyl (C=O) groups is 1. The average molecular weight is 308 g/mol. The van der Waals surface area contributed by atoms with Gasteiger partial charge in [0.1, 0.15) is 5.60 Å². The Morgan fingerprint density at radius 1 is 1.36 bits per heavy atom. The van der Waals surface area contributed by atoms with Crippen LogP contribution in [-0.2, 0) is 17.8 Å². The highest BCUT2D eigenvalue weighted by Gasteiger charge is 2.29. The third-order valence-electron chi connectivity index (χ3n) is 2.99. The zero-order valence-electron chi connectivity index (χ0n) is 13.8. The fourth-order valence-electron chi connectivity index (χ4n) is 1.99. The van der Waals surface area contributed by atoms with E-state index in [2.05, 4.69) is 15.3 Å². The highest BCUT2D eigenvalue weighted by atomic mass is 16.6. The Labute approximate surface area is 130 Å². The van der Waals surface area contributed by atoms with Crippen LogP contribution in [0.5, 0.6) is 0 Å². The Bertz CT molecular complexity index is 561. The third kappa shape index (κ3) is 4.56. The lowest BCUT2D eigenvalue weighted by molar-refractivity contribution is 0.0240. The quantitative estimate of drug-likeness (QED) is 0.887. The number of aromatic nitrogens is 2. The van der Waals surface area contributed by atoms with Crippen LogP contribution < -0.4 is 5.32 Å². The molecule has 0 atom stereocenters. The number of hydrogen-bond donors (Lipinski definition) is 2. The van der Waals surface area contributed by atoms with Crippen molar-refractivity contribution in [2.75, 3.05) is 11.9 Å². The average Bonchev–Trinajstić information content (AvgIpc) is 2.76. The summed E-state index contributed by atoms with van der Waals surface area (Å²) in [5.41, 5.74) is 0.362. The van der Waals surface area contributed by atoms with E-state index in [1.54, 1.807) is 24.9 Å². The number of nitrogens with zero attached hydrogens (tertiary/aromatic N) is 3. The largest absolute Gasteiger partial charge is 0.444 e. The highest BCUT2D eigenvalue weighted by molar-refractivity contribution is 5.69. The van der Waals surface area contributed by atoms with Gasteiger partial charge in [-0.1, -0.05) is 0 Å². The van der Waals surface area contributed by atoms with Crippen LogP contribution in [0.1, 0.15) is 45.9 Å². The van der Waals surface area contributed by atoms with Gasteiger partial charge >= 0.3 is 6.09 Å². The molecule has 0 bridgehead atoms. The van der Waals surface area contributed by atoms with Crippen LogP contribution >= 0.6 is 0 Å². The summed E-state index contributed by atoms with van der Waals surface area (Å²) in [6.07, 6.45) is 1.36. The Morgan fingerprint density at radius 3 is 2.64 bits per heavy atom. The van der Waals surface area contributed by atoms with Crippen molar-refractivity contribution in [3.05, 3.63) is 17.5 Å². The summed E-state index contributed by atoms with van der Waals surface area (Å²) in [6, 6.07) is 0. The summed E-state index contributed by atoms with van der Waals surface area (Å²) < 4.78 is 5.37. The number of hydrogen-bond acceptors (Lipinski definition) is 6. The summed E-state index contributed by atoms with van der Waals surface area (Å²) in [5, 5.41) is 12.7. The number of fused-ring (bicyclic) bond motifs is 1.